The van der Waals surface area contributed by atoms with Crippen LogP contribution < -0.4 is 9.47 Å². The van der Waals surface area contributed by atoms with Gasteiger partial charge in [0.1, 0.15) is 11.5 Å². The predicted octanol–water partition coefficient (Wildman–Crippen LogP) is 4.66. The molecule has 0 saturated carbocycles. The molecular weight excluding hydrogens is 224 g/mol. The highest BCUT2D eigenvalue weighted by Crippen LogP contribution is 2.28. The smallest absolute Gasteiger partial charge is 0.125 e. The van der Waals surface area contributed by atoms with Crippen LogP contribution in [0.5, 0.6) is 11.5 Å². The molecule has 0 bridgehead atoms. The van der Waals surface area contributed by atoms with Crippen molar-refractivity contribution in [2.24, 2.45) is 0 Å². The average Bonchev–Trinajstić information content (AvgIpc) is 2.34. The van der Waals surface area contributed by atoms with Gasteiger partial charge in [0.05, 0.1) is 13.2 Å². The summed E-state index contributed by atoms with van der Waals surface area (Å²) in [7, 11) is 0. The standard InChI is InChI=1S/C16H26O2/c1-5-7-9-17-15-12-16(18-10-8-6-2)14(4)11-13(15)3/h11-12H,5-10H2,1-4H3. The lowest BCUT2D eigenvalue weighted by Crippen LogP contribution is -2.02. The number of unbranched alkanes of at least 4 members (excludes halogenated alkanes) is 2. The van der Waals surface area contributed by atoms with E-state index in [1.54, 1.807) is 0 Å². The van der Waals surface area contributed by atoms with E-state index in [9.17, 15) is 0 Å². The zero-order valence-corrected chi connectivity index (χ0v) is 12.2. The number of aryl methyl sites for hydroxylation is 2. The molecule has 0 radical (unpaired) electrons. The van der Waals surface area contributed by atoms with Crippen LogP contribution in [0.25, 0.3) is 0 Å². The van der Waals surface area contributed by atoms with Gasteiger partial charge in [-0.2, -0.15) is 0 Å². The zero-order valence-electron chi connectivity index (χ0n) is 12.2. The van der Waals surface area contributed by atoms with Crippen molar-refractivity contribution in [3.63, 3.8) is 0 Å². The molecule has 0 heterocycles. The summed E-state index contributed by atoms with van der Waals surface area (Å²) in [5.74, 6) is 1.92. The highest BCUT2D eigenvalue weighted by molar-refractivity contribution is 5.45. The van der Waals surface area contributed by atoms with E-state index in [0.717, 1.165) is 50.4 Å². The number of benzene rings is 1. The molecule has 0 aliphatic carbocycles. The molecule has 102 valence electrons. The van der Waals surface area contributed by atoms with Crippen molar-refractivity contribution in [3.05, 3.63) is 23.3 Å². The van der Waals surface area contributed by atoms with Gasteiger partial charge in [0.25, 0.3) is 0 Å². The Hall–Kier alpha value is -1.18. The first-order chi connectivity index (χ1) is 8.69. The Bertz CT molecular complexity index is 327. The Morgan fingerprint density at radius 3 is 1.61 bits per heavy atom. The number of hydrogen-bond donors (Lipinski definition) is 0. The normalized spacial score (nSPS) is 10.4. The molecule has 1 rings (SSSR count). The minimum atomic E-state index is 0.787. The maximum absolute atomic E-state index is 5.80. The Morgan fingerprint density at radius 2 is 1.22 bits per heavy atom. The molecule has 0 aliphatic heterocycles. The Labute approximate surface area is 111 Å². The van der Waals surface area contributed by atoms with Crippen LogP contribution in [0.2, 0.25) is 0 Å². The van der Waals surface area contributed by atoms with E-state index in [1.165, 1.54) is 11.1 Å². The zero-order chi connectivity index (χ0) is 13.4. The quantitative estimate of drug-likeness (QED) is 0.625. The average molecular weight is 250 g/mol. The molecule has 0 aliphatic rings. The van der Waals surface area contributed by atoms with E-state index in [1.807, 2.05) is 6.07 Å². The maximum atomic E-state index is 5.80. The lowest BCUT2D eigenvalue weighted by atomic mass is 10.1. The molecule has 18 heavy (non-hydrogen) atoms. The van der Waals surface area contributed by atoms with E-state index in [2.05, 4.69) is 33.8 Å². The van der Waals surface area contributed by atoms with E-state index in [4.69, 9.17) is 9.47 Å². The van der Waals surface area contributed by atoms with Crippen LogP contribution in [0.3, 0.4) is 0 Å². The molecule has 0 unspecified atom stereocenters. The van der Waals surface area contributed by atoms with Gasteiger partial charge in [0.15, 0.2) is 0 Å². The number of rotatable bonds is 8. The van der Waals surface area contributed by atoms with Gasteiger partial charge in [-0.15, -0.1) is 0 Å². The summed E-state index contributed by atoms with van der Waals surface area (Å²) in [5.41, 5.74) is 2.37. The van der Waals surface area contributed by atoms with Crippen molar-refractivity contribution >= 4 is 0 Å². The second-order valence-electron chi connectivity index (χ2n) is 4.79. The topological polar surface area (TPSA) is 18.5 Å². The highest BCUT2D eigenvalue weighted by Gasteiger charge is 2.06. The molecule has 2 heteroatoms. The van der Waals surface area contributed by atoms with E-state index in [0.29, 0.717) is 0 Å². The predicted molar refractivity (Wildman–Crippen MR) is 76.7 cm³/mol. The fraction of sp³-hybridized carbons (Fsp3) is 0.625. The maximum Gasteiger partial charge on any atom is 0.125 e. The molecule has 0 saturated heterocycles. The molecule has 2 nitrogen and oxygen atoms in total. The fourth-order valence-electron chi connectivity index (χ4n) is 1.78. The number of hydrogen-bond acceptors (Lipinski definition) is 2. The summed E-state index contributed by atoms with van der Waals surface area (Å²) in [6.07, 6.45) is 4.51. The van der Waals surface area contributed by atoms with Gasteiger partial charge < -0.3 is 9.47 Å². The van der Waals surface area contributed by atoms with Crippen LogP contribution in [-0.2, 0) is 0 Å². The Balaban J connectivity index is 2.68. The third-order valence-electron chi connectivity index (χ3n) is 2.98. The van der Waals surface area contributed by atoms with Gasteiger partial charge in [0, 0.05) is 6.07 Å². The Morgan fingerprint density at radius 1 is 0.778 bits per heavy atom. The third kappa shape index (κ3) is 4.59. The van der Waals surface area contributed by atoms with Crippen LogP contribution in [0.1, 0.15) is 50.7 Å². The first kappa shape index (κ1) is 14.9. The first-order valence-corrected chi connectivity index (χ1v) is 7.05. The van der Waals surface area contributed by atoms with Gasteiger partial charge >= 0.3 is 0 Å². The summed E-state index contributed by atoms with van der Waals surface area (Å²) in [6, 6.07) is 4.18. The van der Waals surface area contributed by atoms with Gasteiger partial charge in [-0.1, -0.05) is 26.7 Å². The van der Waals surface area contributed by atoms with Crippen molar-refractivity contribution in [2.75, 3.05) is 13.2 Å². The van der Waals surface area contributed by atoms with Crippen molar-refractivity contribution in [2.45, 2.75) is 53.4 Å². The summed E-state index contributed by atoms with van der Waals surface area (Å²) < 4.78 is 11.6. The highest BCUT2D eigenvalue weighted by atomic mass is 16.5. The molecule has 0 aromatic heterocycles. The van der Waals surface area contributed by atoms with Crippen molar-refractivity contribution in [1.82, 2.24) is 0 Å². The van der Waals surface area contributed by atoms with Gasteiger partial charge in [-0.05, 0) is 43.9 Å². The first-order valence-electron chi connectivity index (χ1n) is 7.05. The van der Waals surface area contributed by atoms with Crippen LogP contribution in [0.4, 0.5) is 0 Å². The van der Waals surface area contributed by atoms with Gasteiger partial charge in [-0.25, -0.2) is 0 Å². The number of ether oxygens (including phenoxy) is 2. The summed E-state index contributed by atoms with van der Waals surface area (Å²) in [6.45, 7) is 10.1. The van der Waals surface area contributed by atoms with E-state index in [-0.39, 0.29) is 0 Å². The van der Waals surface area contributed by atoms with Gasteiger partial charge in [-0.3, -0.25) is 0 Å². The second-order valence-corrected chi connectivity index (χ2v) is 4.79. The van der Waals surface area contributed by atoms with Crippen LogP contribution in [0, 0.1) is 13.8 Å². The molecule has 0 N–H and O–H groups in total. The molecule has 0 spiro atoms. The molecule has 0 fully saturated rings. The van der Waals surface area contributed by atoms with Crippen molar-refractivity contribution in [3.8, 4) is 11.5 Å². The van der Waals surface area contributed by atoms with E-state index >= 15 is 0 Å². The fourth-order valence-corrected chi connectivity index (χ4v) is 1.78. The second kappa shape index (κ2) is 8.02. The summed E-state index contributed by atoms with van der Waals surface area (Å²) in [4.78, 5) is 0. The van der Waals surface area contributed by atoms with E-state index < -0.39 is 0 Å². The van der Waals surface area contributed by atoms with Crippen LogP contribution >= 0.6 is 0 Å². The molecule has 0 amide bonds. The SMILES string of the molecule is CCCCOc1cc(OCCCC)c(C)cc1C. The lowest BCUT2D eigenvalue weighted by Gasteiger charge is -2.14. The monoisotopic (exact) mass is 250 g/mol. The largest absolute Gasteiger partial charge is 0.493 e. The van der Waals surface area contributed by atoms with Crippen LogP contribution in [0.15, 0.2) is 12.1 Å². The van der Waals surface area contributed by atoms with Crippen molar-refractivity contribution in [1.29, 1.82) is 0 Å². The minimum Gasteiger partial charge on any atom is -0.493 e. The molecule has 1 aromatic carbocycles. The summed E-state index contributed by atoms with van der Waals surface area (Å²) in [5, 5.41) is 0. The van der Waals surface area contributed by atoms with Crippen LogP contribution in [-0.4, -0.2) is 13.2 Å². The van der Waals surface area contributed by atoms with Crippen molar-refractivity contribution < 1.29 is 9.47 Å². The molecule has 0 atom stereocenters. The molecular formula is C16H26O2. The Kier molecular flexibility index (Phi) is 6.63. The minimum absolute atomic E-state index is 0.787. The third-order valence-corrected chi connectivity index (χ3v) is 2.98. The van der Waals surface area contributed by atoms with Gasteiger partial charge in [0.2, 0.25) is 0 Å². The summed E-state index contributed by atoms with van der Waals surface area (Å²) >= 11 is 0. The lowest BCUT2D eigenvalue weighted by molar-refractivity contribution is 0.291. The molecule has 1 aromatic rings.